The van der Waals surface area contributed by atoms with Crippen molar-refractivity contribution >= 4 is 33.2 Å². The number of rotatable bonds is 6. The summed E-state index contributed by atoms with van der Waals surface area (Å²) in [6.45, 7) is 3.84. The van der Waals surface area contributed by atoms with Crippen LogP contribution in [-0.2, 0) is 10.0 Å². The highest BCUT2D eigenvalue weighted by Crippen LogP contribution is 2.18. The Hall–Kier alpha value is -1.14. The monoisotopic (exact) mass is 314 g/mol. The highest BCUT2D eigenvalue weighted by molar-refractivity contribution is 7.89. The van der Waals surface area contributed by atoms with Crippen molar-refractivity contribution in [3.8, 4) is 0 Å². The van der Waals surface area contributed by atoms with Gasteiger partial charge >= 0.3 is 0 Å². The summed E-state index contributed by atoms with van der Waals surface area (Å²) in [5, 5.41) is 5.04. The average molecular weight is 315 g/mol. The van der Waals surface area contributed by atoms with Gasteiger partial charge in [0.05, 0.1) is 4.90 Å². The van der Waals surface area contributed by atoms with Crippen LogP contribution in [0.5, 0.6) is 0 Å². The van der Waals surface area contributed by atoms with Crippen molar-refractivity contribution in [2.45, 2.75) is 11.8 Å². The van der Waals surface area contributed by atoms with Gasteiger partial charge in [0.25, 0.3) is 0 Å². The molecule has 0 spiro atoms. The Balaban J connectivity index is 0.00000200. The molecular formula is C14H19ClN2O2S. The second-order valence-corrected chi connectivity index (χ2v) is 6.03. The smallest absolute Gasteiger partial charge is 0.240 e. The molecule has 0 aromatic heterocycles. The van der Waals surface area contributed by atoms with Gasteiger partial charge in [0.1, 0.15) is 0 Å². The summed E-state index contributed by atoms with van der Waals surface area (Å²) in [6.07, 6.45) is 0. The maximum atomic E-state index is 12.1. The molecule has 0 aliphatic heterocycles. The summed E-state index contributed by atoms with van der Waals surface area (Å²) in [4.78, 5) is 0.308. The normalized spacial score (nSPS) is 11.2. The Morgan fingerprint density at radius 1 is 1.00 bits per heavy atom. The highest BCUT2D eigenvalue weighted by atomic mass is 35.5. The number of hydrogen-bond acceptors (Lipinski definition) is 3. The third-order valence-corrected chi connectivity index (χ3v) is 4.33. The van der Waals surface area contributed by atoms with Crippen molar-refractivity contribution in [2.75, 3.05) is 19.6 Å². The number of fused-ring (bicyclic) bond motifs is 1. The fourth-order valence-corrected chi connectivity index (χ4v) is 2.94. The molecule has 0 atom stereocenters. The summed E-state index contributed by atoms with van der Waals surface area (Å²) < 4.78 is 26.8. The van der Waals surface area contributed by atoms with Crippen LogP contribution in [0, 0.1) is 0 Å². The first kappa shape index (κ1) is 16.9. The van der Waals surface area contributed by atoms with Crippen molar-refractivity contribution in [1.29, 1.82) is 0 Å². The zero-order chi connectivity index (χ0) is 13.7. The molecule has 4 nitrogen and oxygen atoms in total. The van der Waals surface area contributed by atoms with Gasteiger partial charge in [-0.2, -0.15) is 0 Å². The molecule has 0 aliphatic rings. The Morgan fingerprint density at radius 3 is 2.40 bits per heavy atom. The van der Waals surface area contributed by atoms with Crippen LogP contribution in [0.3, 0.4) is 0 Å². The van der Waals surface area contributed by atoms with Gasteiger partial charge in [-0.3, -0.25) is 0 Å². The van der Waals surface area contributed by atoms with Crippen molar-refractivity contribution in [3.63, 3.8) is 0 Å². The van der Waals surface area contributed by atoms with Gasteiger partial charge < -0.3 is 5.32 Å². The molecule has 110 valence electrons. The second kappa shape index (κ2) is 7.59. The van der Waals surface area contributed by atoms with E-state index in [2.05, 4.69) is 10.0 Å². The standard InChI is InChI=1S/C14H18N2O2S.ClH/c1-2-15-9-10-16-19(17,18)14-8-7-12-5-3-4-6-13(12)11-14;/h3-8,11,15-16H,2,9-10H2,1H3;1H. The first-order valence-corrected chi connectivity index (χ1v) is 7.81. The van der Waals surface area contributed by atoms with Crippen molar-refractivity contribution in [3.05, 3.63) is 42.5 Å². The quantitative estimate of drug-likeness (QED) is 0.803. The van der Waals surface area contributed by atoms with Gasteiger partial charge in [-0.25, -0.2) is 13.1 Å². The summed E-state index contributed by atoms with van der Waals surface area (Å²) in [6, 6.07) is 12.9. The third-order valence-electron chi connectivity index (χ3n) is 2.88. The van der Waals surface area contributed by atoms with Gasteiger partial charge in [-0.15, -0.1) is 12.4 Å². The summed E-state index contributed by atoms with van der Waals surface area (Å²) in [5.74, 6) is 0. The molecule has 2 aromatic rings. The first-order chi connectivity index (χ1) is 9.13. The SMILES string of the molecule is CCNCCNS(=O)(=O)c1ccc2ccccc2c1.Cl. The maximum absolute atomic E-state index is 12.1. The lowest BCUT2D eigenvalue weighted by atomic mass is 10.1. The van der Waals surface area contributed by atoms with Crippen molar-refractivity contribution in [2.24, 2.45) is 0 Å². The van der Waals surface area contributed by atoms with E-state index >= 15 is 0 Å². The summed E-state index contributed by atoms with van der Waals surface area (Å²) >= 11 is 0. The lowest BCUT2D eigenvalue weighted by Crippen LogP contribution is -2.31. The van der Waals surface area contributed by atoms with E-state index < -0.39 is 10.0 Å². The number of benzene rings is 2. The lowest BCUT2D eigenvalue weighted by molar-refractivity contribution is 0.577. The van der Waals surface area contributed by atoms with Crippen LogP contribution in [0.4, 0.5) is 0 Å². The topological polar surface area (TPSA) is 58.2 Å². The molecule has 0 unspecified atom stereocenters. The lowest BCUT2D eigenvalue weighted by Gasteiger charge is -2.08. The molecule has 0 amide bonds. The van der Waals surface area contributed by atoms with Gasteiger partial charge in [-0.05, 0) is 29.4 Å². The highest BCUT2D eigenvalue weighted by Gasteiger charge is 2.13. The molecular weight excluding hydrogens is 296 g/mol. The molecule has 2 rings (SSSR count). The molecule has 20 heavy (non-hydrogen) atoms. The predicted molar refractivity (Wildman–Crippen MR) is 84.9 cm³/mol. The zero-order valence-corrected chi connectivity index (χ0v) is 12.9. The van der Waals surface area contributed by atoms with Crippen LogP contribution >= 0.6 is 12.4 Å². The first-order valence-electron chi connectivity index (χ1n) is 6.32. The van der Waals surface area contributed by atoms with Gasteiger partial charge in [0.15, 0.2) is 0 Å². The summed E-state index contributed by atoms with van der Waals surface area (Å²) in [7, 11) is -3.42. The Bertz CT molecular complexity index is 659. The van der Waals surface area contributed by atoms with E-state index in [4.69, 9.17) is 0 Å². The van der Waals surface area contributed by atoms with E-state index in [0.29, 0.717) is 18.0 Å². The number of halogens is 1. The van der Waals surface area contributed by atoms with E-state index in [9.17, 15) is 8.42 Å². The number of nitrogens with one attached hydrogen (secondary N) is 2. The fourth-order valence-electron chi connectivity index (χ4n) is 1.87. The molecule has 2 aromatic carbocycles. The number of sulfonamides is 1. The third kappa shape index (κ3) is 4.18. The van der Waals surface area contributed by atoms with Gasteiger partial charge in [0.2, 0.25) is 10.0 Å². The number of hydrogen-bond donors (Lipinski definition) is 2. The van der Waals surface area contributed by atoms with Crippen LogP contribution in [0.1, 0.15) is 6.92 Å². The zero-order valence-electron chi connectivity index (χ0n) is 11.3. The van der Waals surface area contributed by atoms with Gasteiger partial charge in [0, 0.05) is 13.1 Å². The molecule has 0 fully saturated rings. The predicted octanol–water partition coefficient (Wildman–Crippen LogP) is 2.15. The maximum Gasteiger partial charge on any atom is 0.240 e. The largest absolute Gasteiger partial charge is 0.316 e. The molecule has 0 saturated heterocycles. The van der Waals surface area contributed by atoms with E-state index in [-0.39, 0.29) is 12.4 Å². The average Bonchev–Trinajstić information content (AvgIpc) is 2.43. The number of likely N-dealkylation sites (N-methyl/N-ethyl adjacent to an activating group) is 1. The van der Waals surface area contributed by atoms with Crippen LogP contribution in [-0.4, -0.2) is 28.1 Å². The fraction of sp³-hybridized carbons (Fsp3) is 0.286. The Labute approximate surface area is 126 Å². The van der Waals surface area contributed by atoms with Crippen molar-refractivity contribution < 1.29 is 8.42 Å². The molecule has 0 saturated carbocycles. The second-order valence-electron chi connectivity index (χ2n) is 4.26. The van der Waals surface area contributed by atoms with Crippen LogP contribution in [0.15, 0.2) is 47.4 Å². The molecule has 0 heterocycles. The Kier molecular flexibility index (Phi) is 6.42. The van der Waals surface area contributed by atoms with Crippen molar-refractivity contribution in [1.82, 2.24) is 10.0 Å². The molecule has 2 N–H and O–H groups in total. The van der Waals surface area contributed by atoms with Crippen LogP contribution in [0.2, 0.25) is 0 Å². The minimum absolute atomic E-state index is 0. The van der Waals surface area contributed by atoms with E-state index in [1.165, 1.54) is 0 Å². The molecule has 0 aliphatic carbocycles. The van der Waals surface area contributed by atoms with Gasteiger partial charge in [-0.1, -0.05) is 37.3 Å². The van der Waals surface area contributed by atoms with Crippen LogP contribution < -0.4 is 10.0 Å². The minimum atomic E-state index is -3.42. The molecule has 0 bridgehead atoms. The van der Waals surface area contributed by atoms with E-state index in [1.54, 1.807) is 12.1 Å². The van der Waals surface area contributed by atoms with E-state index in [1.807, 2.05) is 37.3 Å². The molecule has 6 heteroatoms. The minimum Gasteiger partial charge on any atom is -0.316 e. The molecule has 0 radical (unpaired) electrons. The van der Waals surface area contributed by atoms with Crippen LogP contribution in [0.25, 0.3) is 10.8 Å². The van der Waals surface area contributed by atoms with E-state index in [0.717, 1.165) is 17.3 Å². The summed E-state index contributed by atoms with van der Waals surface area (Å²) in [5.41, 5.74) is 0. The Morgan fingerprint density at radius 2 is 1.70 bits per heavy atom.